The summed E-state index contributed by atoms with van der Waals surface area (Å²) >= 11 is 0. The van der Waals surface area contributed by atoms with Crippen LogP contribution in [0, 0.1) is 5.41 Å². The number of nitrogens with zero attached hydrogens (tertiary/aromatic N) is 3. The maximum Gasteiger partial charge on any atom is 0.230 e. The smallest absolute Gasteiger partial charge is 0.230 e. The van der Waals surface area contributed by atoms with Crippen molar-refractivity contribution in [2.24, 2.45) is 5.41 Å². The third kappa shape index (κ3) is 5.13. The number of carbonyl (C=O) groups is 1. The molecule has 1 aliphatic rings. The highest BCUT2D eigenvalue weighted by Gasteiger charge is 2.27. The Balaban J connectivity index is 1.51. The monoisotopic (exact) mass is 384 g/mol. The number of likely N-dealkylation sites (tertiary alicyclic amines) is 1. The van der Waals surface area contributed by atoms with Crippen LogP contribution in [0.4, 0.5) is 5.82 Å². The third-order valence-electron chi connectivity index (χ3n) is 5.30. The number of benzene rings is 1. The van der Waals surface area contributed by atoms with E-state index in [1.165, 1.54) is 0 Å². The summed E-state index contributed by atoms with van der Waals surface area (Å²) in [6, 6.07) is 12.5. The Hall–Kier alpha value is -2.34. The van der Waals surface area contributed by atoms with Crippen LogP contribution in [-0.4, -0.2) is 46.3 Å². The summed E-state index contributed by atoms with van der Waals surface area (Å²) in [7, 11) is 0. The van der Waals surface area contributed by atoms with Crippen molar-refractivity contribution in [1.29, 1.82) is 0 Å². The van der Waals surface area contributed by atoms with Gasteiger partial charge in [-0.05, 0) is 31.9 Å². The molecule has 0 radical (unpaired) electrons. The molecule has 0 aliphatic carbocycles. The van der Waals surface area contributed by atoms with Gasteiger partial charge in [-0.25, -0.2) is 4.68 Å². The second kappa shape index (κ2) is 8.78. The quantitative estimate of drug-likeness (QED) is 0.819. The highest BCUT2D eigenvalue weighted by atomic mass is 16.5. The maximum absolute atomic E-state index is 12.3. The Morgan fingerprint density at radius 1 is 1.21 bits per heavy atom. The van der Waals surface area contributed by atoms with E-state index in [1.807, 2.05) is 61.9 Å². The molecule has 28 heavy (non-hydrogen) atoms. The van der Waals surface area contributed by atoms with Crippen molar-refractivity contribution < 1.29 is 9.53 Å². The largest absolute Gasteiger partial charge is 0.492 e. The fourth-order valence-corrected chi connectivity index (χ4v) is 3.42. The van der Waals surface area contributed by atoms with Gasteiger partial charge in [0.25, 0.3) is 0 Å². The molecule has 2 heterocycles. The van der Waals surface area contributed by atoms with E-state index in [4.69, 9.17) is 4.74 Å². The van der Waals surface area contributed by atoms with Gasteiger partial charge < -0.3 is 10.1 Å². The molecule has 152 valence electrons. The second-order valence-electron chi connectivity index (χ2n) is 8.61. The average molecular weight is 385 g/mol. The number of hydrogen-bond donors (Lipinski definition) is 1. The normalized spacial score (nSPS) is 17.3. The Morgan fingerprint density at radius 3 is 2.54 bits per heavy atom. The predicted octanol–water partition coefficient (Wildman–Crippen LogP) is 3.97. The Kier molecular flexibility index (Phi) is 6.39. The molecule has 6 heteroatoms. The molecule has 1 amide bonds. The first kappa shape index (κ1) is 20.4. The molecule has 0 saturated carbocycles. The average Bonchev–Trinajstić information content (AvgIpc) is 3.14. The number of amides is 1. The van der Waals surface area contributed by atoms with Crippen molar-refractivity contribution in [1.82, 2.24) is 14.7 Å². The van der Waals surface area contributed by atoms with Crippen LogP contribution in [0.1, 0.15) is 46.6 Å². The van der Waals surface area contributed by atoms with E-state index in [0.717, 1.165) is 37.5 Å². The van der Waals surface area contributed by atoms with Crippen LogP contribution in [0.3, 0.4) is 0 Å². The summed E-state index contributed by atoms with van der Waals surface area (Å²) in [6.07, 6.45) is 3.78. The number of aromatic nitrogens is 2. The van der Waals surface area contributed by atoms with Gasteiger partial charge in [0.2, 0.25) is 5.91 Å². The molecule has 0 spiro atoms. The summed E-state index contributed by atoms with van der Waals surface area (Å²) in [5.74, 6) is 1.72. The van der Waals surface area contributed by atoms with Crippen LogP contribution in [0.5, 0.6) is 5.75 Å². The van der Waals surface area contributed by atoms with Crippen LogP contribution >= 0.6 is 0 Å². The Morgan fingerprint density at radius 2 is 1.89 bits per heavy atom. The van der Waals surface area contributed by atoms with Crippen molar-refractivity contribution >= 4 is 11.7 Å². The standard InChI is InChI=1S/C22H32N4O2/c1-17(16-28-19-8-6-5-7-9-19)25-14-11-18(12-15-25)26-20(10-13-23-26)24-21(27)22(2,3)4/h5-10,13,17-18H,11-12,14-16H2,1-4H3,(H,24,27)/t17-/m1/s1. The minimum atomic E-state index is -0.424. The molecular weight excluding hydrogens is 352 g/mol. The lowest BCUT2D eigenvalue weighted by atomic mass is 9.96. The van der Waals surface area contributed by atoms with Gasteiger partial charge in [0.15, 0.2) is 0 Å². The van der Waals surface area contributed by atoms with E-state index in [9.17, 15) is 4.79 Å². The lowest BCUT2D eigenvalue weighted by molar-refractivity contribution is -0.123. The van der Waals surface area contributed by atoms with E-state index >= 15 is 0 Å². The van der Waals surface area contributed by atoms with Gasteiger partial charge in [0.05, 0.1) is 12.2 Å². The highest BCUT2D eigenvalue weighted by molar-refractivity contribution is 5.93. The van der Waals surface area contributed by atoms with Gasteiger partial charge in [-0.2, -0.15) is 5.10 Å². The minimum absolute atomic E-state index is 0.0124. The zero-order valence-corrected chi connectivity index (χ0v) is 17.4. The fourth-order valence-electron chi connectivity index (χ4n) is 3.42. The zero-order valence-electron chi connectivity index (χ0n) is 17.4. The Labute approximate surface area is 167 Å². The summed E-state index contributed by atoms with van der Waals surface area (Å²) in [5.41, 5.74) is -0.424. The third-order valence-corrected chi connectivity index (χ3v) is 5.30. The number of nitrogens with one attached hydrogen (secondary N) is 1. The van der Waals surface area contributed by atoms with Gasteiger partial charge >= 0.3 is 0 Å². The molecule has 1 fully saturated rings. The van der Waals surface area contributed by atoms with Gasteiger partial charge in [-0.1, -0.05) is 39.0 Å². The number of ether oxygens (including phenoxy) is 1. The number of para-hydroxylation sites is 1. The second-order valence-corrected chi connectivity index (χ2v) is 8.61. The molecule has 2 aromatic rings. The van der Waals surface area contributed by atoms with Crippen molar-refractivity contribution in [2.45, 2.75) is 52.6 Å². The van der Waals surface area contributed by atoms with Gasteiger partial charge in [-0.3, -0.25) is 9.69 Å². The Bertz CT molecular complexity index is 758. The molecule has 1 aliphatic heterocycles. The predicted molar refractivity (Wildman–Crippen MR) is 112 cm³/mol. The summed E-state index contributed by atoms with van der Waals surface area (Å²) in [5, 5.41) is 7.51. The summed E-state index contributed by atoms with van der Waals surface area (Å²) < 4.78 is 7.89. The first-order chi connectivity index (χ1) is 13.3. The maximum atomic E-state index is 12.3. The number of rotatable bonds is 6. The summed E-state index contributed by atoms with van der Waals surface area (Å²) in [6.45, 7) is 10.6. The molecule has 1 saturated heterocycles. The highest BCUT2D eigenvalue weighted by Crippen LogP contribution is 2.27. The first-order valence-electron chi connectivity index (χ1n) is 10.1. The molecule has 6 nitrogen and oxygen atoms in total. The molecule has 1 aromatic carbocycles. The number of hydrogen-bond acceptors (Lipinski definition) is 4. The molecule has 1 N–H and O–H groups in total. The van der Waals surface area contributed by atoms with E-state index in [-0.39, 0.29) is 5.91 Å². The lowest BCUT2D eigenvalue weighted by Gasteiger charge is -2.36. The van der Waals surface area contributed by atoms with Gasteiger partial charge in [-0.15, -0.1) is 0 Å². The van der Waals surface area contributed by atoms with Gasteiger partial charge in [0.1, 0.15) is 18.2 Å². The topological polar surface area (TPSA) is 59.4 Å². The van der Waals surface area contributed by atoms with Crippen LogP contribution in [0.2, 0.25) is 0 Å². The van der Waals surface area contributed by atoms with Crippen LogP contribution in [0.15, 0.2) is 42.6 Å². The van der Waals surface area contributed by atoms with Crippen LogP contribution < -0.4 is 10.1 Å². The van der Waals surface area contributed by atoms with Crippen molar-refractivity contribution in [3.05, 3.63) is 42.6 Å². The summed E-state index contributed by atoms with van der Waals surface area (Å²) in [4.78, 5) is 14.8. The molecular formula is C22H32N4O2. The van der Waals surface area contributed by atoms with E-state index < -0.39 is 5.41 Å². The zero-order chi connectivity index (χ0) is 20.1. The molecule has 0 bridgehead atoms. The van der Waals surface area contributed by atoms with Crippen LogP contribution in [-0.2, 0) is 4.79 Å². The molecule has 3 rings (SSSR count). The van der Waals surface area contributed by atoms with Crippen LogP contribution in [0.25, 0.3) is 0 Å². The minimum Gasteiger partial charge on any atom is -0.492 e. The number of anilines is 1. The van der Waals surface area contributed by atoms with Crippen molar-refractivity contribution in [2.75, 3.05) is 25.0 Å². The molecule has 0 unspecified atom stereocenters. The molecule has 1 atom stereocenters. The van der Waals surface area contributed by atoms with E-state index in [2.05, 4.69) is 22.2 Å². The van der Waals surface area contributed by atoms with Crippen molar-refractivity contribution in [3.63, 3.8) is 0 Å². The van der Waals surface area contributed by atoms with Gasteiger partial charge in [0, 0.05) is 30.6 Å². The van der Waals surface area contributed by atoms with E-state index in [1.54, 1.807) is 6.20 Å². The SMILES string of the molecule is C[C@H](COc1ccccc1)N1CCC(n2nccc2NC(=O)C(C)(C)C)CC1. The number of piperidine rings is 1. The van der Waals surface area contributed by atoms with E-state index in [0.29, 0.717) is 18.7 Å². The first-order valence-corrected chi connectivity index (χ1v) is 10.1. The van der Waals surface area contributed by atoms with Crippen molar-refractivity contribution in [3.8, 4) is 5.75 Å². The lowest BCUT2D eigenvalue weighted by Crippen LogP contribution is -2.43. The number of carbonyl (C=O) groups excluding carboxylic acids is 1. The molecule has 1 aromatic heterocycles. The fraction of sp³-hybridized carbons (Fsp3) is 0.545.